The van der Waals surface area contributed by atoms with Crippen molar-refractivity contribution < 1.29 is 222 Å². The number of carbonyl (C=O) groups is 5. The number of nitrogens with one attached hydrogen (secondary N) is 4. The maximum absolute atomic E-state index is 13.7. The summed E-state index contributed by atoms with van der Waals surface area (Å²) in [5, 5.41) is 272. The van der Waals surface area contributed by atoms with Crippen LogP contribution in [0.25, 0.3) is 11.1 Å². The summed E-state index contributed by atoms with van der Waals surface area (Å²) in [5.41, 5.74) is 3.55. The predicted octanol–water partition coefficient (Wildman–Crippen LogP) is -15.7. The Morgan fingerprint density at radius 3 is 0.958 bits per heavy atom. The molecule has 0 saturated carbocycles. The molecule has 2 aromatic carbocycles. The molecule has 9 aliphatic rings. The molecule has 0 spiro atoms. The van der Waals surface area contributed by atoms with Gasteiger partial charge < -0.3 is 220 Å². The lowest BCUT2D eigenvalue weighted by Gasteiger charge is -2.50. The van der Waals surface area contributed by atoms with Crippen LogP contribution in [-0.2, 0) is 95.0 Å². The second-order valence-corrected chi connectivity index (χ2v) is 30.0. The van der Waals surface area contributed by atoms with Crippen molar-refractivity contribution in [3.63, 3.8) is 0 Å². The third kappa shape index (κ3) is 20.3. The van der Waals surface area contributed by atoms with Gasteiger partial charge in [-0.1, -0.05) is 48.5 Å². The molecule has 41 atom stereocenters. The highest BCUT2D eigenvalue weighted by atomic mass is 16.8. The van der Waals surface area contributed by atoms with Crippen LogP contribution < -0.4 is 21.3 Å². The van der Waals surface area contributed by atoms with Gasteiger partial charge in [0.15, 0.2) is 50.3 Å². The first-order chi connectivity index (χ1) is 57.1. The van der Waals surface area contributed by atoms with Crippen LogP contribution in [-0.4, -0.2) is 463 Å². The lowest BCUT2D eigenvalue weighted by Crippen LogP contribution is -2.71. The fourth-order valence-electron chi connectivity index (χ4n) is 15.8. The molecule has 8 aliphatic heterocycles. The van der Waals surface area contributed by atoms with Crippen molar-refractivity contribution in [3.8, 4) is 11.1 Å². The van der Waals surface area contributed by atoms with Crippen molar-refractivity contribution >= 4 is 29.8 Å². The summed E-state index contributed by atoms with van der Waals surface area (Å²) in [6.07, 6.45) is -78.5. The average Bonchev–Trinajstić information content (AvgIpc) is 1.37. The minimum absolute atomic E-state index is 0.214. The normalized spacial score (nSPS) is 43.1. The van der Waals surface area contributed by atoms with Gasteiger partial charge in [-0.05, 0) is 22.3 Å². The highest BCUT2D eigenvalue weighted by molar-refractivity contribution is 5.87. The van der Waals surface area contributed by atoms with Gasteiger partial charge in [-0.3, -0.25) is 14.4 Å². The van der Waals surface area contributed by atoms with Crippen molar-refractivity contribution in [1.82, 2.24) is 21.3 Å². The number of hydrogen-bond donors (Lipinski definition) is 28. The Labute approximate surface area is 679 Å². The molecule has 120 heavy (non-hydrogen) atoms. The van der Waals surface area contributed by atoms with E-state index >= 15 is 0 Å². The first-order valence-electron chi connectivity index (χ1n) is 38.2. The fraction of sp³-hybridized carbons (Fsp3) is 0.761. The molecule has 8 heterocycles. The molecule has 8 fully saturated rings. The number of aliphatic hydroxyl groups excluding tert-OH is 23. The molecule has 0 bridgehead atoms. The monoisotopic (exact) mass is 1730 g/mol. The van der Waals surface area contributed by atoms with E-state index in [1.807, 2.05) is 48.5 Å². The maximum Gasteiger partial charge on any atom is 0.407 e. The molecular weight excluding hydrogens is 1630 g/mol. The van der Waals surface area contributed by atoms with Crippen LogP contribution in [0.15, 0.2) is 48.5 Å². The second kappa shape index (κ2) is 41.5. The van der Waals surface area contributed by atoms with E-state index in [0.717, 1.165) is 36.1 Å². The third-order valence-corrected chi connectivity index (χ3v) is 22.1. The van der Waals surface area contributed by atoms with E-state index in [0.29, 0.717) is 0 Å². The smallest absolute Gasteiger partial charge is 0.407 e. The van der Waals surface area contributed by atoms with Crippen molar-refractivity contribution in [3.05, 3.63) is 59.7 Å². The zero-order valence-electron chi connectivity index (χ0n) is 63.7. The Morgan fingerprint density at radius 2 is 0.625 bits per heavy atom. The highest BCUT2D eigenvalue weighted by Crippen LogP contribution is 2.45. The van der Waals surface area contributed by atoms with Crippen LogP contribution in [0.2, 0.25) is 0 Å². The van der Waals surface area contributed by atoms with Gasteiger partial charge in [0.25, 0.3) is 0 Å². The van der Waals surface area contributed by atoms with E-state index in [2.05, 4.69) is 21.3 Å². The van der Waals surface area contributed by atoms with Crippen LogP contribution in [0, 0.1) is 0 Å². The summed E-state index contributed by atoms with van der Waals surface area (Å²) >= 11 is 0. The zero-order valence-corrected chi connectivity index (χ0v) is 63.7. The number of alkyl carbamates (subject to hydrolysis) is 1. The molecule has 0 aromatic heterocycles. The third-order valence-electron chi connectivity index (χ3n) is 22.1. The minimum atomic E-state index is -2.33. The van der Waals surface area contributed by atoms with E-state index in [4.69, 9.17) is 75.8 Å². The summed E-state index contributed by atoms with van der Waals surface area (Å²) in [6.45, 7) is -6.79. The SMILES string of the molecule is CC(=O)N[C@@H]1[C@@H](O)[C@H](O[C@@H]2O[C@H](CO)[C@@H](O[C@@H]3O[C@H](CO)[C@@H](O[C@@H]4O[C@H](CO)[C@@H](O[C@@H]5O[C@H](CO)[C@@H](O[C@@H]6O[C@H](CO)[C@@H](O[C@@H]7O[C@H](CO)[C@@H](O[C@@H]8O[C@H](CO)[C@@H](O)[C@H](O)[C@@H]8O)[C@H](O)[C@@H]7O)[C@H](O)[C@@H]6O)[C@H](O)[C@@H]5O)[C@H](O)[C@@H]4O)[C@H](O)[C@@H]3O)[C@H](O)[C@H]2NC(C)=O)[C@@H](CO)O[C@H]1NC(=O)C[C@H](NC(=O)OCC1c2ccccc2-c2ccccc21)C(=O)O. The van der Waals surface area contributed by atoms with Gasteiger partial charge in [-0.25, -0.2) is 9.59 Å². The predicted molar refractivity (Wildman–Crippen MR) is 378 cm³/mol. The molecular formula is C71H104N4O45. The standard InChI is InChI=1S/C71H104N4O45/c1-21(84)72-38-41(88)55(30(13-77)106-62(38)75-37(86)11-28(63(102)103)74-71(104)105-20-27-25-9-5-3-7-23(25)24-8-4-6-10-26(24)27)114-64-39(73-22(2)85)42(89)56(31(14-78)108-64)115-66-50(97)44(91)58(33(16-80)109-66)117-68-52(99)46(93)60(35(18-82)111-68)119-70-54(101)48(95)61(36(19-83)113-70)120-69-53(100)47(94)59(34(17-81)112-69)118-67-51(98)45(92)57(32(15-79)110-67)116-65-49(96)43(90)40(87)29(12-76)107-65/h3-10,27-36,38-62,64-70,76-83,87-101H,11-20H2,1-2H3,(H,72,84)(H,73,85)(H,74,104)(H,75,86)(H,102,103)/t28-,29+,30+,31+,32+,33+,34+,35+,36+,38+,39+,40+,41+,42+,43-,44+,45+,46+,47+,48+,49-,50-,51-,52-,53-,54-,55+,56+,57+,58+,59+,60+,61+,62+,64-,65-,66-,67-,68-,69-,70-/m0/s1. The lowest BCUT2D eigenvalue weighted by molar-refractivity contribution is -0.397. The molecule has 49 nitrogen and oxygen atoms in total. The molecule has 11 rings (SSSR count). The quantitative estimate of drug-likeness (QED) is 0.0333. The summed E-state index contributed by atoms with van der Waals surface area (Å²) in [5.74, 6) is -4.97. The minimum Gasteiger partial charge on any atom is -0.480 e. The molecule has 1 aliphatic carbocycles. The number of aliphatic hydroxyl groups is 23. The first kappa shape index (κ1) is 94.7. The van der Waals surface area contributed by atoms with Gasteiger partial charge in [-0.15, -0.1) is 0 Å². The van der Waals surface area contributed by atoms with Crippen LogP contribution in [0.4, 0.5) is 4.79 Å². The zero-order chi connectivity index (χ0) is 87.3. The molecule has 8 saturated heterocycles. The van der Waals surface area contributed by atoms with E-state index in [9.17, 15) is 147 Å². The number of hydrogen-bond acceptors (Lipinski definition) is 44. The van der Waals surface area contributed by atoms with Crippen LogP contribution in [0.3, 0.4) is 0 Å². The van der Waals surface area contributed by atoms with Gasteiger partial charge in [-0.2, -0.15) is 0 Å². The lowest BCUT2D eigenvalue weighted by atomic mass is 9.93. The summed E-state index contributed by atoms with van der Waals surface area (Å²) in [4.78, 5) is 64.8. The van der Waals surface area contributed by atoms with Crippen molar-refractivity contribution in [2.75, 3.05) is 59.5 Å². The molecule has 28 N–H and O–H groups in total. The second-order valence-electron chi connectivity index (χ2n) is 30.0. The van der Waals surface area contributed by atoms with Crippen molar-refractivity contribution in [2.24, 2.45) is 0 Å². The number of carboxylic acids is 1. The van der Waals surface area contributed by atoms with Crippen LogP contribution in [0.5, 0.6) is 0 Å². The molecule has 0 unspecified atom stereocenters. The molecule has 49 heteroatoms. The number of ether oxygens (including phenoxy) is 16. The Bertz CT molecular complexity index is 3630. The Kier molecular flexibility index (Phi) is 32.7. The fourth-order valence-corrected chi connectivity index (χ4v) is 15.8. The Morgan fingerprint density at radius 1 is 0.342 bits per heavy atom. The van der Waals surface area contributed by atoms with Crippen LogP contribution >= 0.6 is 0 Å². The highest BCUT2D eigenvalue weighted by Gasteiger charge is 2.60. The van der Waals surface area contributed by atoms with Gasteiger partial charge in [0.2, 0.25) is 17.7 Å². The van der Waals surface area contributed by atoms with E-state index in [-0.39, 0.29) is 6.61 Å². The number of carbonyl (C=O) groups excluding carboxylic acids is 4. The van der Waals surface area contributed by atoms with E-state index in [1.165, 1.54) is 0 Å². The number of fused-ring (bicyclic) bond motifs is 3. The first-order valence-corrected chi connectivity index (χ1v) is 38.2. The van der Waals surface area contributed by atoms with Gasteiger partial charge in [0, 0.05) is 19.8 Å². The Balaban J connectivity index is 0.675. The number of rotatable bonds is 31. The topological polar surface area (TPSA) is 767 Å². The van der Waals surface area contributed by atoms with Gasteiger partial charge in [0.05, 0.1) is 59.3 Å². The molecule has 4 amide bonds. The van der Waals surface area contributed by atoms with E-state index < -0.39 is 346 Å². The van der Waals surface area contributed by atoms with Gasteiger partial charge >= 0.3 is 12.1 Å². The Hall–Kier alpha value is -5.93. The number of aliphatic carboxylic acids is 1. The van der Waals surface area contributed by atoms with Gasteiger partial charge in [0.1, 0.15) is 208 Å². The van der Waals surface area contributed by atoms with Crippen LogP contribution in [0.1, 0.15) is 37.3 Å². The summed E-state index contributed by atoms with van der Waals surface area (Å²) in [6, 6.07) is 9.35. The van der Waals surface area contributed by atoms with E-state index in [1.54, 1.807) is 0 Å². The summed E-state index contributed by atoms with van der Waals surface area (Å²) < 4.78 is 91.7. The maximum atomic E-state index is 13.7. The number of carboxylic acid groups (broad SMARTS) is 1. The number of benzene rings is 2. The number of amides is 4. The van der Waals surface area contributed by atoms with Crippen molar-refractivity contribution in [2.45, 2.75) is 278 Å². The summed E-state index contributed by atoms with van der Waals surface area (Å²) in [7, 11) is 0. The molecule has 678 valence electrons. The van der Waals surface area contributed by atoms with Crippen molar-refractivity contribution in [1.29, 1.82) is 0 Å². The largest absolute Gasteiger partial charge is 0.480 e. The average molecular weight is 1730 g/mol. The molecule has 2 aromatic rings. The molecule has 0 radical (unpaired) electrons.